The maximum atomic E-state index is 4.35. The molecular weight excluding hydrogens is 488 g/mol. The lowest BCUT2D eigenvalue weighted by atomic mass is 9.87. The van der Waals surface area contributed by atoms with Crippen molar-refractivity contribution in [1.29, 1.82) is 0 Å². The summed E-state index contributed by atoms with van der Waals surface area (Å²) in [6.45, 7) is 6.87. The minimum absolute atomic E-state index is 0.155. The summed E-state index contributed by atoms with van der Waals surface area (Å²) in [5, 5.41) is 7.82. The van der Waals surface area contributed by atoms with E-state index in [0.717, 1.165) is 25.9 Å². The summed E-state index contributed by atoms with van der Waals surface area (Å²) < 4.78 is 0. The fraction of sp³-hybridized carbons (Fsp3) is 0.833. The molecule has 2 aliphatic heterocycles. The van der Waals surface area contributed by atoms with Crippen LogP contribution in [0.1, 0.15) is 168 Å². The van der Waals surface area contributed by atoms with Gasteiger partial charge in [0.2, 0.25) is 0 Å². The van der Waals surface area contributed by atoms with Gasteiger partial charge in [0.25, 0.3) is 0 Å². The summed E-state index contributed by atoms with van der Waals surface area (Å²) in [5.74, 6) is 0. The molecular formula is C36H66N4. The van der Waals surface area contributed by atoms with Crippen molar-refractivity contribution in [2.45, 2.75) is 179 Å². The monoisotopic (exact) mass is 555 g/mol. The van der Waals surface area contributed by atoms with Crippen molar-refractivity contribution in [2.24, 2.45) is 9.98 Å². The van der Waals surface area contributed by atoms with Gasteiger partial charge in [0.15, 0.2) is 0 Å². The van der Waals surface area contributed by atoms with E-state index in [4.69, 9.17) is 0 Å². The maximum Gasteiger partial charge on any atom is 0.0431 e. The summed E-state index contributed by atoms with van der Waals surface area (Å²) in [4.78, 5) is 8.70. The van der Waals surface area contributed by atoms with Crippen molar-refractivity contribution in [3.8, 4) is 0 Å². The van der Waals surface area contributed by atoms with Gasteiger partial charge in [0.1, 0.15) is 0 Å². The fourth-order valence-corrected chi connectivity index (χ4v) is 6.30. The Morgan fingerprint density at radius 2 is 0.825 bits per heavy atom. The molecule has 2 unspecified atom stereocenters. The molecule has 0 amide bonds. The third kappa shape index (κ3) is 16.2. The minimum atomic E-state index is 0.155. The average molecular weight is 555 g/mol. The molecule has 0 bridgehead atoms. The van der Waals surface area contributed by atoms with Gasteiger partial charge >= 0.3 is 0 Å². The van der Waals surface area contributed by atoms with Gasteiger partial charge < -0.3 is 10.6 Å². The molecule has 0 saturated carbocycles. The molecule has 0 radical (unpaired) electrons. The highest BCUT2D eigenvalue weighted by Gasteiger charge is 2.27. The highest BCUT2D eigenvalue weighted by atomic mass is 15.0. The number of nitrogens with zero attached hydrogens (tertiary/aromatic N) is 2. The van der Waals surface area contributed by atoms with E-state index in [1.165, 1.54) is 141 Å². The standard InChI is InChI=1S/C36H66N4/c1-3-5-7-9-17-21-29-39-35(25-31-37-32-26-35)23-19-15-13-11-12-14-16-20-24-36(27-33-38-34-28-36)40-30-22-18-10-8-6-4-2/h25,27,31-34,39-40H,3-24,26,28-30H2,1-2H3. The van der Waals surface area contributed by atoms with E-state index in [1.807, 2.05) is 12.4 Å². The van der Waals surface area contributed by atoms with Crippen LogP contribution in [0.15, 0.2) is 34.5 Å². The molecule has 0 saturated heterocycles. The zero-order valence-electron chi connectivity index (χ0n) is 26.7. The van der Waals surface area contributed by atoms with Crippen LogP contribution in [0.25, 0.3) is 0 Å². The Balaban J connectivity index is 1.50. The van der Waals surface area contributed by atoms with Crippen LogP contribution in [-0.2, 0) is 0 Å². The molecule has 230 valence electrons. The van der Waals surface area contributed by atoms with Crippen molar-refractivity contribution in [3.63, 3.8) is 0 Å². The number of aliphatic imine (C=N–C) groups is 2. The smallest absolute Gasteiger partial charge is 0.0431 e. The number of hydrogen-bond donors (Lipinski definition) is 2. The number of rotatable bonds is 27. The van der Waals surface area contributed by atoms with Crippen molar-refractivity contribution >= 4 is 12.4 Å². The van der Waals surface area contributed by atoms with Gasteiger partial charge in [0.05, 0.1) is 0 Å². The van der Waals surface area contributed by atoms with Crippen LogP contribution in [0, 0.1) is 0 Å². The Hall–Kier alpha value is -1.26. The molecule has 2 rings (SSSR count). The highest BCUT2D eigenvalue weighted by molar-refractivity contribution is 5.63. The number of nitrogens with one attached hydrogen (secondary N) is 2. The maximum absolute atomic E-state index is 4.35. The summed E-state index contributed by atoms with van der Waals surface area (Å²) >= 11 is 0. The Labute approximate surface area is 249 Å². The Morgan fingerprint density at radius 1 is 0.475 bits per heavy atom. The van der Waals surface area contributed by atoms with Crippen LogP contribution >= 0.6 is 0 Å². The van der Waals surface area contributed by atoms with Gasteiger partial charge in [-0.1, -0.05) is 129 Å². The van der Waals surface area contributed by atoms with E-state index in [9.17, 15) is 0 Å². The molecule has 40 heavy (non-hydrogen) atoms. The first-order chi connectivity index (χ1) is 19.7. The first-order valence-corrected chi connectivity index (χ1v) is 17.6. The molecule has 0 fully saturated rings. The molecule has 0 aliphatic carbocycles. The normalized spacial score (nSPS) is 21.9. The van der Waals surface area contributed by atoms with Crippen molar-refractivity contribution in [2.75, 3.05) is 13.1 Å². The van der Waals surface area contributed by atoms with Crippen LogP contribution in [0.4, 0.5) is 0 Å². The Bertz CT molecular complexity index is 652. The summed E-state index contributed by atoms with van der Waals surface area (Å²) in [7, 11) is 0. The summed E-state index contributed by atoms with van der Waals surface area (Å²) in [6.07, 6.45) is 44.8. The predicted octanol–water partition coefficient (Wildman–Crippen LogP) is 10.2. The lowest BCUT2D eigenvalue weighted by Gasteiger charge is -2.32. The number of hydrogen-bond acceptors (Lipinski definition) is 4. The van der Waals surface area contributed by atoms with E-state index in [-0.39, 0.29) is 11.1 Å². The largest absolute Gasteiger partial charge is 0.308 e. The van der Waals surface area contributed by atoms with Crippen molar-refractivity contribution in [1.82, 2.24) is 10.6 Å². The molecule has 0 spiro atoms. The van der Waals surface area contributed by atoms with Crippen LogP contribution < -0.4 is 10.6 Å². The molecule has 4 heteroatoms. The average Bonchev–Trinajstić information content (AvgIpc) is 2.98. The van der Waals surface area contributed by atoms with Gasteiger partial charge in [-0.2, -0.15) is 0 Å². The molecule has 0 aromatic carbocycles. The van der Waals surface area contributed by atoms with Crippen LogP contribution in [-0.4, -0.2) is 36.6 Å². The zero-order chi connectivity index (χ0) is 28.5. The van der Waals surface area contributed by atoms with Crippen molar-refractivity contribution in [3.05, 3.63) is 24.6 Å². The van der Waals surface area contributed by atoms with Crippen LogP contribution in [0.3, 0.4) is 0 Å². The topological polar surface area (TPSA) is 48.8 Å². The van der Waals surface area contributed by atoms with Crippen molar-refractivity contribution < 1.29 is 0 Å². The van der Waals surface area contributed by atoms with Crippen LogP contribution in [0.5, 0.6) is 0 Å². The van der Waals surface area contributed by atoms with E-state index in [2.05, 4.69) is 59.0 Å². The third-order valence-corrected chi connectivity index (χ3v) is 9.09. The fourth-order valence-electron chi connectivity index (χ4n) is 6.30. The molecule has 2 atom stereocenters. The van der Waals surface area contributed by atoms with Crippen LogP contribution in [0.2, 0.25) is 0 Å². The molecule has 2 heterocycles. The molecule has 4 nitrogen and oxygen atoms in total. The lowest BCUT2D eigenvalue weighted by Crippen LogP contribution is -2.45. The van der Waals surface area contributed by atoms with Gasteiger partial charge in [-0.15, -0.1) is 0 Å². The zero-order valence-corrected chi connectivity index (χ0v) is 26.7. The van der Waals surface area contributed by atoms with Gasteiger partial charge in [0, 0.05) is 48.7 Å². The Morgan fingerprint density at radius 3 is 1.18 bits per heavy atom. The third-order valence-electron chi connectivity index (χ3n) is 9.09. The predicted molar refractivity (Wildman–Crippen MR) is 179 cm³/mol. The quantitative estimate of drug-likeness (QED) is 0.0992. The summed E-state index contributed by atoms with van der Waals surface area (Å²) in [6, 6.07) is 0. The molecule has 0 aromatic rings. The van der Waals surface area contributed by atoms with Gasteiger partial charge in [-0.05, 0) is 50.9 Å². The second-order valence-electron chi connectivity index (χ2n) is 12.7. The Kier molecular flexibility index (Phi) is 20.4. The molecule has 0 aromatic heterocycles. The van der Waals surface area contributed by atoms with E-state index in [1.54, 1.807) is 0 Å². The lowest BCUT2D eigenvalue weighted by molar-refractivity contribution is 0.358. The SMILES string of the molecule is CCCCCCCCNC1(CCCCCCCCCCC2(NCCCCCCCC)C=CN=CC2)C=CN=CC1. The molecule has 2 N–H and O–H groups in total. The number of unbranched alkanes of at least 4 members (excludes halogenated alkanes) is 17. The van der Waals surface area contributed by atoms with Gasteiger partial charge in [-0.3, -0.25) is 9.98 Å². The second kappa shape index (κ2) is 23.3. The summed E-state index contributed by atoms with van der Waals surface area (Å²) in [5.41, 5.74) is 0.310. The molecule has 2 aliphatic rings. The second-order valence-corrected chi connectivity index (χ2v) is 12.7. The highest BCUT2D eigenvalue weighted by Crippen LogP contribution is 2.25. The van der Waals surface area contributed by atoms with E-state index in [0.29, 0.717) is 0 Å². The van der Waals surface area contributed by atoms with Gasteiger partial charge in [-0.25, -0.2) is 0 Å². The minimum Gasteiger partial charge on any atom is -0.308 e. The first kappa shape index (κ1) is 34.9. The van der Waals surface area contributed by atoms with E-state index < -0.39 is 0 Å². The first-order valence-electron chi connectivity index (χ1n) is 17.6. The van der Waals surface area contributed by atoms with E-state index >= 15 is 0 Å².